The second-order valence-corrected chi connectivity index (χ2v) is 14.3. The van der Waals surface area contributed by atoms with E-state index in [-0.39, 0.29) is 76.5 Å². The second-order valence-electron chi connectivity index (χ2n) is 12.4. The maximum Gasteiger partial charge on any atom is 1.00 e. The molecule has 0 saturated heterocycles. The zero-order valence-electron chi connectivity index (χ0n) is 28.1. The van der Waals surface area contributed by atoms with Gasteiger partial charge in [0.05, 0.1) is 23.0 Å². The van der Waals surface area contributed by atoms with Gasteiger partial charge >= 0.3 is 59.1 Å². The second kappa shape index (κ2) is 12.4. The van der Waals surface area contributed by atoms with Crippen LogP contribution in [0, 0.1) is 0 Å². The van der Waals surface area contributed by atoms with Gasteiger partial charge in [0.2, 0.25) is 0 Å². The minimum absolute atomic E-state index is 0. The fraction of sp³-hybridized carbons (Fsp3) is 0.139. The molecular formula is C36H24N2Na2O9S2. The third-order valence-electron chi connectivity index (χ3n) is 9.36. The number of hydrogen-bond donors (Lipinski definition) is 0. The van der Waals surface area contributed by atoms with Crippen molar-refractivity contribution < 1.29 is 98.2 Å². The molecule has 2 aromatic heterocycles. The van der Waals surface area contributed by atoms with Gasteiger partial charge in [-0.2, -0.15) is 5.10 Å². The maximum absolute atomic E-state index is 12.1. The van der Waals surface area contributed by atoms with Crippen molar-refractivity contribution in [1.29, 1.82) is 0 Å². The molecule has 0 aliphatic carbocycles. The van der Waals surface area contributed by atoms with Crippen LogP contribution in [0.5, 0.6) is 17.2 Å². The van der Waals surface area contributed by atoms with E-state index >= 15 is 0 Å². The quantitative estimate of drug-likeness (QED) is 0.0771. The van der Waals surface area contributed by atoms with Crippen LogP contribution in [0.2, 0.25) is 0 Å². The average molecular weight is 739 g/mol. The predicted molar refractivity (Wildman–Crippen MR) is 186 cm³/mol. The van der Waals surface area contributed by atoms with Crippen LogP contribution in [0.25, 0.3) is 81.2 Å². The third kappa shape index (κ3) is 5.32. The predicted octanol–water partition coefficient (Wildman–Crippen LogP) is 1.49. The van der Waals surface area contributed by atoms with Crippen molar-refractivity contribution in [2.45, 2.75) is 26.7 Å². The SMILES string of the molecule is CCOc1cccc2c(OS(=O)(=O)[O-])c3ccc4c5ccc6c(OS(=O)(=O)[O-])c7ccccc7c7cc(C(C)C)c(c5c67)n5nc(c12)c3c45.[Na+].[Na+]. The van der Waals surface area contributed by atoms with Gasteiger partial charge in [-0.3, -0.25) is 0 Å². The van der Waals surface area contributed by atoms with Gasteiger partial charge in [0, 0.05) is 43.1 Å². The van der Waals surface area contributed by atoms with Crippen LogP contribution < -0.4 is 72.2 Å². The molecule has 9 rings (SSSR count). The average Bonchev–Trinajstić information content (AvgIpc) is 3.44. The molecule has 0 saturated carbocycles. The van der Waals surface area contributed by atoms with E-state index in [0.717, 1.165) is 38.0 Å². The molecule has 0 aliphatic heterocycles. The molecule has 0 N–H and O–H groups in total. The van der Waals surface area contributed by atoms with Crippen LogP contribution in [-0.4, -0.2) is 42.2 Å². The maximum atomic E-state index is 12.1. The van der Waals surface area contributed by atoms with Gasteiger partial charge < -0.3 is 22.2 Å². The monoisotopic (exact) mass is 738 g/mol. The fourth-order valence-corrected chi connectivity index (χ4v) is 8.45. The summed E-state index contributed by atoms with van der Waals surface area (Å²) in [5, 5.41) is 12.6. The van der Waals surface area contributed by atoms with Crippen LogP contribution in [0.1, 0.15) is 32.3 Å². The first-order chi connectivity index (χ1) is 23.4. The minimum Gasteiger partial charge on any atom is -0.716 e. The molecule has 246 valence electrons. The van der Waals surface area contributed by atoms with Crippen LogP contribution in [0.4, 0.5) is 0 Å². The summed E-state index contributed by atoms with van der Waals surface area (Å²) in [6, 6.07) is 21.6. The minimum atomic E-state index is -5.17. The van der Waals surface area contributed by atoms with Crippen molar-refractivity contribution in [1.82, 2.24) is 9.61 Å². The van der Waals surface area contributed by atoms with Gasteiger partial charge in [-0.1, -0.05) is 62.4 Å². The van der Waals surface area contributed by atoms with E-state index < -0.39 is 20.8 Å². The van der Waals surface area contributed by atoms with Gasteiger partial charge in [-0.05, 0) is 58.8 Å². The number of fused-ring (bicyclic) bond motifs is 6. The number of benzene rings is 7. The van der Waals surface area contributed by atoms with E-state index in [1.54, 1.807) is 42.5 Å². The topological polar surface area (TPSA) is 159 Å². The summed E-state index contributed by atoms with van der Waals surface area (Å²) < 4.78 is 90.5. The Morgan fingerprint density at radius 2 is 1.22 bits per heavy atom. The number of rotatable bonds is 7. The number of aromatic nitrogens is 2. The molecule has 11 nitrogen and oxygen atoms in total. The molecule has 0 atom stereocenters. The Balaban J connectivity index is 0.00000203. The van der Waals surface area contributed by atoms with Crippen molar-refractivity contribution in [2.75, 3.05) is 6.61 Å². The molecular weight excluding hydrogens is 715 g/mol. The first kappa shape index (κ1) is 36.2. The van der Waals surface area contributed by atoms with E-state index in [1.807, 2.05) is 35.7 Å². The van der Waals surface area contributed by atoms with Crippen LogP contribution in [-0.2, 0) is 20.8 Å². The summed E-state index contributed by atoms with van der Waals surface area (Å²) in [6.45, 7) is 6.29. The zero-order valence-corrected chi connectivity index (χ0v) is 33.7. The number of ether oxygens (including phenoxy) is 1. The van der Waals surface area contributed by atoms with Crippen molar-refractivity contribution >= 4 is 102 Å². The molecule has 0 fully saturated rings. The standard InChI is InChI=1S/C36H26N2O9S2.2Na/c1-4-45-27-11-7-10-22-29(27)32-31-24(36(22)47-49(42,43)44)15-13-20-19-12-14-23-28-26(18-8-5-6-9-21(18)35(23)46-48(39,40)41)16-25(17(2)3)34(30(19)28)38(37-32)33(20)31;;/h5-17H,4H2,1-3H3,(H,39,40,41)(H,42,43,44);;/q;2*+1/p-2. The molecule has 9 aromatic rings. The number of nitrogens with zero attached hydrogens (tertiary/aromatic N) is 2. The molecule has 0 aliphatic rings. The van der Waals surface area contributed by atoms with E-state index in [9.17, 15) is 25.9 Å². The molecule has 0 bridgehead atoms. The Hall–Kier alpha value is -3.21. The van der Waals surface area contributed by atoms with E-state index in [0.29, 0.717) is 61.1 Å². The summed E-state index contributed by atoms with van der Waals surface area (Å²) in [5.41, 5.74) is 2.88. The summed E-state index contributed by atoms with van der Waals surface area (Å²) in [5.74, 6) is 0.264. The first-order valence-electron chi connectivity index (χ1n) is 15.5. The summed E-state index contributed by atoms with van der Waals surface area (Å²) in [6.07, 6.45) is 0. The van der Waals surface area contributed by atoms with Gasteiger partial charge in [-0.15, -0.1) is 0 Å². The van der Waals surface area contributed by atoms with E-state index in [2.05, 4.69) is 19.9 Å². The normalized spacial score (nSPS) is 12.7. The Morgan fingerprint density at radius 3 is 1.86 bits per heavy atom. The summed E-state index contributed by atoms with van der Waals surface area (Å²) >= 11 is 0. The van der Waals surface area contributed by atoms with Gasteiger partial charge in [0.15, 0.2) is 11.5 Å². The Bertz CT molecular complexity index is 3110. The van der Waals surface area contributed by atoms with Gasteiger partial charge in [0.1, 0.15) is 11.3 Å². The largest absolute Gasteiger partial charge is 1.00 e. The Morgan fingerprint density at radius 1 is 0.647 bits per heavy atom. The molecule has 0 unspecified atom stereocenters. The van der Waals surface area contributed by atoms with E-state index in [4.69, 9.17) is 18.2 Å². The number of hydrogen-bond acceptors (Lipinski definition) is 10. The Kier molecular flexibility index (Phi) is 8.82. The molecule has 7 aromatic carbocycles. The summed E-state index contributed by atoms with van der Waals surface area (Å²) in [4.78, 5) is 0. The van der Waals surface area contributed by atoms with Crippen molar-refractivity contribution in [2.24, 2.45) is 0 Å². The van der Waals surface area contributed by atoms with Crippen LogP contribution in [0.15, 0.2) is 72.8 Å². The fourth-order valence-electron chi connectivity index (χ4n) is 7.69. The molecule has 2 heterocycles. The smallest absolute Gasteiger partial charge is 0.716 e. The zero-order chi connectivity index (χ0) is 34.1. The molecule has 51 heavy (non-hydrogen) atoms. The molecule has 0 radical (unpaired) electrons. The van der Waals surface area contributed by atoms with Gasteiger partial charge in [0.25, 0.3) is 20.8 Å². The molecule has 0 amide bonds. The molecule has 15 heteroatoms. The van der Waals surface area contributed by atoms with Crippen molar-refractivity contribution in [3.8, 4) is 17.2 Å². The third-order valence-corrected chi connectivity index (χ3v) is 10.1. The van der Waals surface area contributed by atoms with Crippen molar-refractivity contribution in [3.05, 3.63) is 78.4 Å². The number of pyridine rings is 1. The van der Waals surface area contributed by atoms with E-state index in [1.165, 1.54) is 0 Å². The molecule has 0 spiro atoms. The Labute approximate surface area is 335 Å². The summed E-state index contributed by atoms with van der Waals surface area (Å²) in [7, 11) is -10.3. The van der Waals surface area contributed by atoms with Crippen LogP contribution >= 0.6 is 0 Å². The van der Waals surface area contributed by atoms with Crippen LogP contribution in [0.3, 0.4) is 0 Å². The van der Waals surface area contributed by atoms with Gasteiger partial charge in [-0.25, -0.2) is 21.4 Å². The van der Waals surface area contributed by atoms with Crippen molar-refractivity contribution in [3.63, 3.8) is 0 Å². The first-order valence-corrected chi connectivity index (χ1v) is 18.1.